The van der Waals surface area contributed by atoms with Crippen LogP contribution < -0.4 is 27.0 Å². The predicted molar refractivity (Wildman–Crippen MR) is 136 cm³/mol. The van der Waals surface area contributed by atoms with Crippen LogP contribution >= 0.6 is 11.6 Å². The summed E-state index contributed by atoms with van der Waals surface area (Å²) in [4.78, 5) is 30.3. The number of piperidine rings is 1. The van der Waals surface area contributed by atoms with Gasteiger partial charge < -0.3 is 27.0 Å². The van der Waals surface area contributed by atoms with Gasteiger partial charge >= 0.3 is 0 Å². The number of pyridine rings is 1. The second-order valence-corrected chi connectivity index (χ2v) is 10.2. The number of fused-ring (bicyclic) bond motifs is 2. The van der Waals surface area contributed by atoms with Crippen molar-refractivity contribution in [1.29, 1.82) is 0 Å². The van der Waals surface area contributed by atoms with Gasteiger partial charge in [-0.15, -0.1) is 0 Å². The minimum Gasteiger partial charge on any atom is -0.384 e. The molecule has 1 aromatic carbocycles. The molecule has 10 heteroatoms. The quantitative estimate of drug-likeness (QED) is 0.498. The number of carbonyl (C=O) groups excluding carboxylic acids is 1. The van der Waals surface area contributed by atoms with Crippen molar-refractivity contribution in [1.82, 2.24) is 15.0 Å². The minimum atomic E-state index is -0.280. The number of halogens is 1. The molecular formula is C25H27ClN8O. The average Bonchev–Trinajstić information content (AvgIpc) is 3.38. The summed E-state index contributed by atoms with van der Waals surface area (Å²) in [6.45, 7) is 2.10. The molecule has 0 unspecified atom stereocenters. The van der Waals surface area contributed by atoms with Crippen molar-refractivity contribution in [3.05, 3.63) is 64.1 Å². The molecule has 1 atom stereocenters. The van der Waals surface area contributed by atoms with Crippen LogP contribution in [0.15, 0.2) is 36.5 Å². The minimum absolute atomic E-state index is 0.0253. The zero-order valence-corrected chi connectivity index (χ0v) is 20.0. The van der Waals surface area contributed by atoms with Crippen LogP contribution in [-0.4, -0.2) is 40.5 Å². The molecule has 0 saturated carbocycles. The number of rotatable bonds is 2. The molecule has 35 heavy (non-hydrogen) atoms. The second-order valence-electron chi connectivity index (χ2n) is 9.72. The third-order valence-electron chi connectivity index (χ3n) is 7.80. The molecule has 3 aliphatic rings. The highest BCUT2D eigenvalue weighted by molar-refractivity contribution is 6.30. The number of nitrogens with zero attached hydrogens (tertiary/aromatic N) is 5. The molecule has 180 valence electrons. The number of nitrogens with two attached hydrogens (primary N) is 3. The van der Waals surface area contributed by atoms with E-state index in [2.05, 4.69) is 25.9 Å². The highest BCUT2D eigenvalue weighted by Crippen LogP contribution is 2.51. The molecule has 1 amide bonds. The zero-order valence-electron chi connectivity index (χ0n) is 19.2. The summed E-state index contributed by atoms with van der Waals surface area (Å²) < 4.78 is 0. The van der Waals surface area contributed by atoms with Crippen LogP contribution in [0.5, 0.6) is 0 Å². The van der Waals surface area contributed by atoms with Crippen LogP contribution in [0.1, 0.15) is 46.2 Å². The number of benzene rings is 1. The Balaban J connectivity index is 1.17. The third-order valence-corrected chi connectivity index (χ3v) is 8.03. The Kier molecular flexibility index (Phi) is 5.08. The van der Waals surface area contributed by atoms with E-state index in [9.17, 15) is 4.79 Å². The summed E-state index contributed by atoms with van der Waals surface area (Å²) in [5.74, 6) is 0.968. The number of aromatic nitrogens is 3. The van der Waals surface area contributed by atoms with Crippen molar-refractivity contribution in [2.45, 2.75) is 31.7 Å². The van der Waals surface area contributed by atoms with Gasteiger partial charge in [0.2, 0.25) is 0 Å². The lowest BCUT2D eigenvalue weighted by molar-refractivity contribution is 0.0985. The molecule has 4 heterocycles. The largest absolute Gasteiger partial charge is 0.384 e. The summed E-state index contributed by atoms with van der Waals surface area (Å²) >= 11 is 6.22. The molecular weight excluding hydrogens is 464 g/mol. The van der Waals surface area contributed by atoms with Crippen LogP contribution in [0, 0.1) is 5.41 Å². The first-order valence-corrected chi connectivity index (χ1v) is 12.2. The van der Waals surface area contributed by atoms with E-state index < -0.39 is 0 Å². The van der Waals surface area contributed by atoms with Crippen LogP contribution in [0.4, 0.5) is 23.1 Å². The van der Waals surface area contributed by atoms with Gasteiger partial charge in [0.05, 0.1) is 17.6 Å². The van der Waals surface area contributed by atoms with E-state index in [1.54, 1.807) is 17.2 Å². The van der Waals surface area contributed by atoms with Gasteiger partial charge in [-0.05, 0) is 60.1 Å². The number of carbonyl (C=O) groups is 1. The highest BCUT2D eigenvalue weighted by atomic mass is 35.5. The zero-order chi connectivity index (χ0) is 24.3. The van der Waals surface area contributed by atoms with Crippen LogP contribution in [-0.2, 0) is 12.8 Å². The smallest absolute Gasteiger partial charge is 0.280 e. The molecule has 6 N–H and O–H groups in total. The summed E-state index contributed by atoms with van der Waals surface area (Å²) in [6, 6.07) is 9.52. The lowest BCUT2D eigenvalue weighted by Crippen LogP contribution is -2.44. The van der Waals surface area contributed by atoms with Gasteiger partial charge in [-0.1, -0.05) is 17.7 Å². The molecule has 1 aliphatic carbocycles. The Hall–Kier alpha value is -3.43. The Bertz CT molecular complexity index is 1340. The Labute approximate surface area is 208 Å². The Morgan fingerprint density at radius 3 is 2.66 bits per heavy atom. The summed E-state index contributed by atoms with van der Waals surface area (Å²) in [7, 11) is 0. The van der Waals surface area contributed by atoms with E-state index >= 15 is 0 Å². The monoisotopic (exact) mass is 490 g/mol. The SMILES string of the molecule is Nc1ccc2c(n1)CCN2C(=O)c1ncc(N2CCC3(CC2)Cc2ccc(Cl)cc2[C@H]3N)nc1N. The number of anilines is 4. The molecule has 3 aromatic rings. The van der Waals surface area contributed by atoms with Gasteiger partial charge in [-0.3, -0.25) is 4.79 Å². The Morgan fingerprint density at radius 2 is 1.89 bits per heavy atom. The van der Waals surface area contributed by atoms with Crippen molar-refractivity contribution < 1.29 is 4.79 Å². The number of hydrogen-bond donors (Lipinski definition) is 3. The molecule has 0 radical (unpaired) electrons. The van der Waals surface area contributed by atoms with Crippen LogP contribution in [0.3, 0.4) is 0 Å². The van der Waals surface area contributed by atoms with E-state index in [-0.39, 0.29) is 28.9 Å². The van der Waals surface area contributed by atoms with Gasteiger partial charge in [0.1, 0.15) is 11.6 Å². The predicted octanol–water partition coefficient (Wildman–Crippen LogP) is 2.73. The lowest BCUT2D eigenvalue weighted by Gasteiger charge is -2.42. The van der Waals surface area contributed by atoms with Crippen molar-refractivity contribution in [2.75, 3.05) is 40.9 Å². The standard InChI is InChI=1S/C25H27ClN8O/c26-15-2-1-14-12-25(22(28)16(14)11-15)6-9-33(10-7-25)20-13-30-21(23(29)32-20)24(35)34-8-5-17-18(34)3-4-19(27)31-17/h1-4,11,13,22H,5-10,12,28H2,(H2,27,31)(H2,29,32)/t22-/m1/s1. The van der Waals surface area contributed by atoms with Crippen molar-refractivity contribution in [2.24, 2.45) is 11.1 Å². The molecule has 0 bridgehead atoms. The molecule has 2 aromatic heterocycles. The van der Waals surface area contributed by atoms with Crippen molar-refractivity contribution in [3.8, 4) is 0 Å². The van der Waals surface area contributed by atoms with Gasteiger partial charge in [-0.25, -0.2) is 15.0 Å². The highest BCUT2D eigenvalue weighted by Gasteiger charge is 2.46. The fourth-order valence-corrected chi connectivity index (χ4v) is 6.01. The van der Waals surface area contributed by atoms with Crippen LogP contribution in [0.2, 0.25) is 5.02 Å². The summed E-state index contributed by atoms with van der Waals surface area (Å²) in [5.41, 5.74) is 22.9. The molecule has 9 nitrogen and oxygen atoms in total. The maximum absolute atomic E-state index is 13.2. The van der Waals surface area contributed by atoms with E-state index in [0.717, 1.165) is 48.8 Å². The molecule has 6 rings (SSSR count). The molecule has 2 aliphatic heterocycles. The van der Waals surface area contributed by atoms with E-state index in [1.807, 2.05) is 18.2 Å². The first-order valence-electron chi connectivity index (χ1n) is 11.8. The lowest BCUT2D eigenvalue weighted by atomic mass is 9.73. The van der Waals surface area contributed by atoms with E-state index in [4.69, 9.17) is 28.8 Å². The maximum atomic E-state index is 13.2. The normalized spacial score (nSPS) is 20.2. The third kappa shape index (κ3) is 3.57. The number of nitrogen functional groups attached to an aromatic ring is 2. The van der Waals surface area contributed by atoms with Crippen LogP contribution in [0.25, 0.3) is 0 Å². The van der Waals surface area contributed by atoms with E-state index in [0.29, 0.717) is 24.6 Å². The maximum Gasteiger partial charge on any atom is 0.280 e. The van der Waals surface area contributed by atoms with Gasteiger partial charge in [0.25, 0.3) is 5.91 Å². The van der Waals surface area contributed by atoms with Gasteiger partial charge in [0.15, 0.2) is 11.5 Å². The number of amides is 1. The van der Waals surface area contributed by atoms with Gasteiger partial charge in [0, 0.05) is 37.1 Å². The van der Waals surface area contributed by atoms with Gasteiger partial charge in [-0.2, -0.15) is 0 Å². The van der Waals surface area contributed by atoms with Crippen molar-refractivity contribution >= 4 is 40.6 Å². The Morgan fingerprint density at radius 1 is 1.09 bits per heavy atom. The summed E-state index contributed by atoms with van der Waals surface area (Å²) in [6.07, 6.45) is 5.12. The summed E-state index contributed by atoms with van der Waals surface area (Å²) in [5, 5.41) is 0.729. The van der Waals surface area contributed by atoms with Crippen molar-refractivity contribution in [3.63, 3.8) is 0 Å². The number of hydrogen-bond acceptors (Lipinski definition) is 8. The molecule has 1 fully saturated rings. The van der Waals surface area contributed by atoms with E-state index in [1.165, 1.54) is 11.1 Å². The molecule has 1 spiro atoms. The fourth-order valence-electron chi connectivity index (χ4n) is 5.83. The molecule has 1 saturated heterocycles. The fraction of sp³-hybridized carbons (Fsp3) is 0.360. The average molecular weight is 491 g/mol. The first kappa shape index (κ1) is 22.1. The first-order chi connectivity index (χ1) is 16.8. The second kappa shape index (κ2) is 8.07. The topological polar surface area (TPSA) is 140 Å².